The molecule has 2 nitrogen and oxygen atoms in total. The largest absolute Gasteiger partial charge is 0.264 e. The molecule has 1 saturated carbocycles. The minimum atomic E-state index is -2.55. The van der Waals surface area contributed by atoms with Crippen molar-refractivity contribution in [3.8, 4) is 0 Å². The Kier molecular flexibility index (Phi) is 2.91. The van der Waals surface area contributed by atoms with Gasteiger partial charge in [0.2, 0.25) is 6.08 Å². The maximum atomic E-state index is 12.8. The third kappa shape index (κ3) is 1.93. The highest BCUT2D eigenvalue weighted by molar-refractivity contribution is 9.10. The van der Waals surface area contributed by atoms with Gasteiger partial charge < -0.3 is 0 Å². The summed E-state index contributed by atoms with van der Waals surface area (Å²) >= 11 is 3.23. The van der Waals surface area contributed by atoms with Gasteiger partial charge in [-0.15, -0.1) is 0 Å². The first kappa shape index (κ1) is 11.4. The van der Waals surface area contributed by atoms with E-state index >= 15 is 0 Å². The van der Waals surface area contributed by atoms with Crippen LogP contribution in [0.2, 0.25) is 0 Å². The zero-order chi connectivity index (χ0) is 11.8. The van der Waals surface area contributed by atoms with E-state index in [9.17, 15) is 13.6 Å². The zero-order valence-electron chi connectivity index (χ0n) is 8.21. The number of hydrogen-bond donors (Lipinski definition) is 0. The van der Waals surface area contributed by atoms with E-state index in [1.807, 2.05) is 0 Å². The lowest BCUT2D eigenvalue weighted by Gasteiger charge is -2.14. The summed E-state index contributed by atoms with van der Waals surface area (Å²) in [5, 5.41) is 0. The van der Waals surface area contributed by atoms with Gasteiger partial charge in [-0.1, -0.05) is 22.0 Å². The van der Waals surface area contributed by atoms with Crippen LogP contribution in [0.5, 0.6) is 0 Å². The van der Waals surface area contributed by atoms with Gasteiger partial charge in [0.1, 0.15) is 0 Å². The first-order chi connectivity index (χ1) is 7.59. The van der Waals surface area contributed by atoms with Crippen LogP contribution in [0.4, 0.5) is 8.78 Å². The molecule has 16 heavy (non-hydrogen) atoms. The summed E-state index contributed by atoms with van der Waals surface area (Å²) < 4.78 is 26.3. The van der Waals surface area contributed by atoms with Gasteiger partial charge in [0.05, 0.1) is 5.54 Å². The van der Waals surface area contributed by atoms with E-state index in [0.717, 1.165) is 0 Å². The SMILES string of the molecule is O=C=NC1(c2cc(Br)ccc2C(F)F)CC1. The number of alkyl halides is 2. The van der Waals surface area contributed by atoms with Gasteiger partial charge in [-0.2, -0.15) is 4.99 Å². The molecule has 2 rings (SSSR count). The Balaban J connectivity index is 2.54. The number of halogens is 3. The predicted octanol–water partition coefficient (Wildman–Crippen LogP) is 3.71. The Hall–Kier alpha value is -1.06. The lowest BCUT2D eigenvalue weighted by atomic mass is 9.99. The number of nitrogens with zero attached hydrogens (tertiary/aromatic N) is 1. The minimum Gasteiger partial charge on any atom is -0.211 e. The maximum absolute atomic E-state index is 12.8. The standard InChI is InChI=1S/C11H8BrF2NO/c12-7-1-2-8(10(13)14)9(5-7)11(3-4-11)15-6-16/h1-2,5,10H,3-4H2. The number of benzene rings is 1. The van der Waals surface area contributed by atoms with Crippen LogP contribution in [0.15, 0.2) is 27.7 Å². The van der Waals surface area contributed by atoms with E-state index in [-0.39, 0.29) is 5.56 Å². The highest BCUT2D eigenvalue weighted by Gasteiger charge is 2.47. The van der Waals surface area contributed by atoms with Gasteiger partial charge in [-0.05, 0) is 30.5 Å². The van der Waals surface area contributed by atoms with Crippen LogP contribution in [0.1, 0.15) is 30.4 Å². The van der Waals surface area contributed by atoms with Gasteiger partial charge in [-0.3, -0.25) is 0 Å². The van der Waals surface area contributed by atoms with Crippen molar-refractivity contribution in [2.24, 2.45) is 4.99 Å². The quantitative estimate of drug-likeness (QED) is 0.615. The molecule has 0 N–H and O–H groups in total. The Morgan fingerprint density at radius 3 is 2.62 bits per heavy atom. The molecule has 0 unspecified atom stereocenters. The molecule has 0 aliphatic heterocycles. The molecule has 0 heterocycles. The second-order valence-corrected chi connectivity index (χ2v) is 4.68. The first-order valence-electron chi connectivity index (χ1n) is 4.76. The van der Waals surface area contributed by atoms with E-state index in [1.165, 1.54) is 12.1 Å². The topological polar surface area (TPSA) is 29.4 Å². The molecule has 1 aliphatic carbocycles. The number of isocyanates is 1. The minimum absolute atomic E-state index is 0.0558. The highest BCUT2D eigenvalue weighted by atomic mass is 79.9. The molecule has 0 aromatic heterocycles. The molecule has 1 aromatic carbocycles. The molecule has 1 aromatic rings. The number of hydrogen-bond acceptors (Lipinski definition) is 2. The molecule has 0 atom stereocenters. The smallest absolute Gasteiger partial charge is 0.211 e. The summed E-state index contributed by atoms with van der Waals surface area (Å²) in [6.07, 6.45) is 0.163. The maximum Gasteiger partial charge on any atom is 0.264 e. The average Bonchev–Trinajstić information content (AvgIpc) is 2.99. The Bertz CT molecular complexity index is 465. The Labute approximate surface area is 99.5 Å². The number of carbonyl (C=O) groups excluding carboxylic acids is 1. The molecule has 1 aliphatic rings. The van der Waals surface area contributed by atoms with Crippen molar-refractivity contribution in [3.05, 3.63) is 33.8 Å². The summed E-state index contributed by atoms with van der Waals surface area (Å²) in [7, 11) is 0. The average molecular weight is 288 g/mol. The molecule has 0 radical (unpaired) electrons. The van der Waals surface area contributed by atoms with Crippen molar-refractivity contribution in [2.75, 3.05) is 0 Å². The van der Waals surface area contributed by atoms with Crippen molar-refractivity contribution in [1.29, 1.82) is 0 Å². The second-order valence-electron chi connectivity index (χ2n) is 3.77. The summed E-state index contributed by atoms with van der Waals surface area (Å²) in [6, 6.07) is 4.53. The van der Waals surface area contributed by atoms with Gasteiger partial charge in [0.15, 0.2) is 0 Å². The van der Waals surface area contributed by atoms with Gasteiger partial charge in [0, 0.05) is 10.0 Å². The predicted molar refractivity (Wildman–Crippen MR) is 58.1 cm³/mol. The molecule has 0 bridgehead atoms. The lowest BCUT2D eigenvalue weighted by Crippen LogP contribution is -2.07. The normalized spacial score (nSPS) is 17.0. The van der Waals surface area contributed by atoms with Crippen molar-refractivity contribution in [2.45, 2.75) is 24.8 Å². The van der Waals surface area contributed by atoms with E-state index in [0.29, 0.717) is 22.9 Å². The molecular formula is C11H8BrF2NO. The van der Waals surface area contributed by atoms with Crippen molar-refractivity contribution >= 4 is 22.0 Å². The van der Waals surface area contributed by atoms with Crippen LogP contribution in [0.3, 0.4) is 0 Å². The van der Waals surface area contributed by atoms with Crippen LogP contribution in [-0.2, 0) is 10.3 Å². The molecule has 84 valence electrons. The zero-order valence-corrected chi connectivity index (χ0v) is 9.80. The monoisotopic (exact) mass is 287 g/mol. The molecular weight excluding hydrogens is 280 g/mol. The molecule has 5 heteroatoms. The molecule has 0 saturated heterocycles. The van der Waals surface area contributed by atoms with Crippen LogP contribution in [0.25, 0.3) is 0 Å². The van der Waals surface area contributed by atoms with Crippen molar-refractivity contribution in [3.63, 3.8) is 0 Å². The van der Waals surface area contributed by atoms with Crippen LogP contribution < -0.4 is 0 Å². The van der Waals surface area contributed by atoms with E-state index < -0.39 is 12.0 Å². The van der Waals surface area contributed by atoms with E-state index in [4.69, 9.17) is 0 Å². The van der Waals surface area contributed by atoms with E-state index in [1.54, 1.807) is 12.1 Å². The fourth-order valence-electron chi connectivity index (χ4n) is 1.77. The second kappa shape index (κ2) is 4.07. The summed E-state index contributed by atoms with van der Waals surface area (Å²) in [5.41, 5.74) is -0.378. The Morgan fingerprint density at radius 1 is 1.44 bits per heavy atom. The van der Waals surface area contributed by atoms with Crippen LogP contribution in [-0.4, -0.2) is 6.08 Å². The Morgan fingerprint density at radius 2 is 2.12 bits per heavy atom. The van der Waals surface area contributed by atoms with Crippen molar-refractivity contribution in [1.82, 2.24) is 0 Å². The lowest BCUT2D eigenvalue weighted by molar-refractivity contribution is 0.149. The summed E-state index contributed by atoms with van der Waals surface area (Å²) in [5.74, 6) is 0. The third-order valence-corrected chi connectivity index (χ3v) is 3.23. The van der Waals surface area contributed by atoms with Crippen LogP contribution >= 0.6 is 15.9 Å². The summed E-state index contributed by atoms with van der Waals surface area (Å²) in [6.45, 7) is 0. The van der Waals surface area contributed by atoms with Gasteiger partial charge >= 0.3 is 0 Å². The highest BCUT2D eigenvalue weighted by Crippen LogP contribution is 2.52. The number of aliphatic imine (C=N–C) groups is 1. The first-order valence-corrected chi connectivity index (χ1v) is 5.55. The van der Waals surface area contributed by atoms with Crippen molar-refractivity contribution < 1.29 is 13.6 Å². The van der Waals surface area contributed by atoms with Gasteiger partial charge in [0.25, 0.3) is 6.43 Å². The molecule has 1 fully saturated rings. The van der Waals surface area contributed by atoms with Crippen LogP contribution in [0, 0.1) is 0 Å². The molecule has 0 amide bonds. The fraction of sp³-hybridized carbons (Fsp3) is 0.364. The number of rotatable bonds is 3. The van der Waals surface area contributed by atoms with E-state index in [2.05, 4.69) is 20.9 Å². The molecule has 0 spiro atoms. The third-order valence-electron chi connectivity index (χ3n) is 2.74. The van der Waals surface area contributed by atoms with Gasteiger partial charge in [-0.25, -0.2) is 13.6 Å². The fourth-order valence-corrected chi connectivity index (χ4v) is 2.13. The summed E-state index contributed by atoms with van der Waals surface area (Å²) in [4.78, 5) is 14.0.